The fourth-order valence-corrected chi connectivity index (χ4v) is 2.65. The number of hydrogen-bond acceptors (Lipinski definition) is 2. The molecule has 0 unspecified atom stereocenters. The number of carbonyl (C=O) groups is 1. The van der Waals surface area contributed by atoms with E-state index in [0.717, 1.165) is 12.8 Å². The van der Waals surface area contributed by atoms with Crippen molar-refractivity contribution in [3.63, 3.8) is 0 Å². The minimum atomic E-state index is -0.462. The van der Waals surface area contributed by atoms with Gasteiger partial charge in [-0.1, -0.05) is 19.1 Å². The lowest BCUT2D eigenvalue weighted by atomic mass is 9.90. The summed E-state index contributed by atoms with van der Waals surface area (Å²) in [6.07, 6.45) is 2.03. The van der Waals surface area contributed by atoms with Gasteiger partial charge in [-0.3, -0.25) is 4.79 Å². The molecule has 0 aliphatic carbocycles. The molecule has 1 aliphatic rings. The molecule has 2 rings (SSSR count). The average Bonchev–Trinajstić information content (AvgIpc) is 2.38. The Morgan fingerprint density at radius 1 is 1.50 bits per heavy atom. The van der Waals surface area contributed by atoms with E-state index in [1.54, 1.807) is 17.0 Å². The molecule has 2 N–H and O–H groups in total. The number of hydrogen-bond donors (Lipinski definition) is 1. The molecule has 18 heavy (non-hydrogen) atoms. The van der Waals surface area contributed by atoms with Crippen LogP contribution in [0.25, 0.3) is 0 Å². The van der Waals surface area contributed by atoms with E-state index in [2.05, 4.69) is 6.92 Å². The van der Waals surface area contributed by atoms with Crippen LogP contribution in [0, 0.1) is 11.7 Å². The third kappa shape index (κ3) is 2.38. The Morgan fingerprint density at radius 2 is 2.22 bits per heavy atom. The molecule has 1 aliphatic heterocycles. The molecule has 1 saturated heterocycles. The van der Waals surface area contributed by atoms with E-state index in [4.69, 9.17) is 5.73 Å². The summed E-state index contributed by atoms with van der Waals surface area (Å²) >= 11 is 0. The molecule has 1 aromatic rings. The highest BCUT2D eigenvalue weighted by atomic mass is 19.1. The van der Waals surface area contributed by atoms with Crippen LogP contribution in [0.4, 0.5) is 4.39 Å². The van der Waals surface area contributed by atoms with Crippen LogP contribution in [0.5, 0.6) is 0 Å². The Bertz CT molecular complexity index is 436. The fourth-order valence-electron chi connectivity index (χ4n) is 2.65. The zero-order valence-electron chi connectivity index (χ0n) is 10.6. The van der Waals surface area contributed by atoms with E-state index in [0.29, 0.717) is 19.0 Å². The van der Waals surface area contributed by atoms with Gasteiger partial charge < -0.3 is 10.6 Å². The standard InChI is InChI=1S/C14H19FN2O/c1-10-5-4-8-17(13(10)9-16)14(18)11-6-2-3-7-12(11)15/h2-3,6-7,10,13H,4-5,8-9,16H2,1H3/t10-,13+/m0/s1. The maximum Gasteiger partial charge on any atom is 0.257 e. The van der Waals surface area contributed by atoms with E-state index in [-0.39, 0.29) is 17.5 Å². The largest absolute Gasteiger partial charge is 0.334 e. The predicted octanol–water partition coefficient (Wildman–Crippen LogP) is 2.03. The lowest BCUT2D eigenvalue weighted by molar-refractivity contribution is 0.0528. The Balaban J connectivity index is 2.25. The van der Waals surface area contributed by atoms with E-state index in [1.165, 1.54) is 12.1 Å². The van der Waals surface area contributed by atoms with Gasteiger partial charge in [0, 0.05) is 19.1 Å². The van der Waals surface area contributed by atoms with Gasteiger partial charge in [-0.15, -0.1) is 0 Å². The van der Waals surface area contributed by atoms with Crippen LogP contribution in [0.2, 0.25) is 0 Å². The summed E-state index contributed by atoms with van der Waals surface area (Å²) in [5.41, 5.74) is 5.89. The number of amides is 1. The molecule has 0 radical (unpaired) electrons. The lowest BCUT2D eigenvalue weighted by Gasteiger charge is -2.39. The summed E-state index contributed by atoms with van der Waals surface area (Å²) in [7, 11) is 0. The monoisotopic (exact) mass is 250 g/mol. The molecule has 98 valence electrons. The first-order chi connectivity index (χ1) is 8.65. The molecule has 2 atom stereocenters. The van der Waals surface area contributed by atoms with Crippen LogP contribution in [-0.2, 0) is 0 Å². The van der Waals surface area contributed by atoms with Crippen molar-refractivity contribution in [2.24, 2.45) is 11.7 Å². The van der Waals surface area contributed by atoms with Gasteiger partial charge in [0.05, 0.1) is 5.56 Å². The van der Waals surface area contributed by atoms with Crippen molar-refractivity contribution >= 4 is 5.91 Å². The quantitative estimate of drug-likeness (QED) is 0.873. The Hall–Kier alpha value is -1.42. The van der Waals surface area contributed by atoms with Crippen molar-refractivity contribution in [2.75, 3.05) is 13.1 Å². The van der Waals surface area contributed by atoms with Gasteiger partial charge >= 0.3 is 0 Å². The molecule has 0 bridgehead atoms. The summed E-state index contributed by atoms with van der Waals surface area (Å²) in [4.78, 5) is 14.1. The van der Waals surface area contributed by atoms with E-state index < -0.39 is 5.82 Å². The van der Waals surface area contributed by atoms with E-state index in [9.17, 15) is 9.18 Å². The van der Waals surface area contributed by atoms with Crippen molar-refractivity contribution < 1.29 is 9.18 Å². The van der Waals surface area contributed by atoms with Crippen molar-refractivity contribution in [2.45, 2.75) is 25.8 Å². The van der Waals surface area contributed by atoms with Gasteiger partial charge in [0.15, 0.2) is 0 Å². The van der Waals surface area contributed by atoms with Crippen LogP contribution >= 0.6 is 0 Å². The molecule has 0 spiro atoms. The average molecular weight is 250 g/mol. The molecule has 1 fully saturated rings. The highest BCUT2D eigenvalue weighted by Crippen LogP contribution is 2.24. The van der Waals surface area contributed by atoms with Crippen LogP contribution < -0.4 is 5.73 Å². The minimum Gasteiger partial charge on any atom is -0.334 e. The smallest absolute Gasteiger partial charge is 0.257 e. The third-order valence-corrected chi connectivity index (χ3v) is 3.72. The first-order valence-electron chi connectivity index (χ1n) is 6.40. The summed E-state index contributed by atoms with van der Waals surface area (Å²) in [5.74, 6) is -0.328. The van der Waals surface area contributed by atoms with E-state index in [1.807, 2.05) is 0 Å². The first-order valence-corrected chi connectivity index (χ1v) is 6.40. The molecule has 0 saturated carbocycles. The van der Waals surface area contributed by atoms with Gasteiger partial charge in [-0.25, -0.2) is 4.39 Å². The highest BCUT2D eigenvalue weighted by Gasteiger charge is 2.32. The fraction of sp³-hybridized carbons (Fsp3) is 0.500. The Labute approximate surface area is 107 Å². The number of carbonyl (C=O) groups excluding carboxylic acids is 1. The molecule has 3 nitrogen and oxygen atoms in total. The van der Waals surface area contributed by atoms with Crippen molar-refractivity contribution in [3.8, 4) is 0 Å². The second-order valence-corrected chi connectivity index (χ2v) is 4.90. The number of nitrogens with two attached hydrogens (primary N) is 1. The number of piperidine rings is 1. The number of rotatable bonds is 2. The third-order valence-electron chi connectivity index (χ3n) is 3.72. The van der Waals surface area contributed by atoms with Gasteiger partial charge in [0.2, 0.25) is 0 Å². The zero-order chi connectivity index (χ0) is 13.1. The van der Waals surface area contributed by atoms with Crippen molar-refractivity contribution in [1.82, 2.24) is 4.90 Å². The first kappa shape index (κ1) is 13.0. The van der Waals surface area contributed by atoms with Gasteiger partial charge in [-0.05, 0) is 30.9 Å². The molecule has 4 heteroatoms. The number of halogens is 1. The summed E-state index contributed by atoms with van der Waals surface area (Å²) in [5, 5.41) is 0. The zero-order valence-corrected chi connectivity index (χ0v) is 10.6. The maximum absolute atomic E-state index is 13.6. The summed E-state index contributed by atoms with van der Waals surface area (Å²) < 4.78 is 13.6. The van der Waals surface area contributed by atoms with Crippen LogP contribution in [0.15, 0.2) is 24.3 Å². The van der Waals surface area contributed by atoms with Crippen LogP contribution in [0.3, 0.4) is 0 Å². The number of nitrogens with zero attached hydrogens (tertiary/aromatic N) is 1. The number of benzene rings is 1. The second kappa shape index (κ2) is 5.48. The lowest BCUT2D eigenvalue weighted by Crippen LogP contribution is -2.51. The molecule has 1 heterocycles. The van der Waals surface area contributed by atoms with E-state index >= 15 is 0 Å². The Morgan fingerprint density at radius 3 is 2.89 bits per heavy atom. The van der Waals surface area contributed by atoms with Gasteiger partial charge in [0.25, 0.3) is 5.91 Å². The minimum absolute atomic E-state index is 0.0193. The SMILES string of the molecule is C[C@H]1CCCN(C(=O)c2ccccc2F)[C@@H]1CN. The van der Waals surface area contributed by atoms with Crippen molar-refractivity contribution in [3.05, 3.63) is 35.6 Å². The molecule has 1 aromatic carbocycles. The second-order valence-electron chi connectivity index (χ2n) is 4.90. The topological polar surface area (TPSA) is 46.3 Å². The number of likely N-dealkylation sites (tertiary alicyclic amines) is 1. The van der Waals surface area contributed by atoms with Crippen LogP contribution in [-0.4, -0.2) is 29.9 Å². The summed E-state index contributed by atoms with van der Waals surface area (Å²) in [6.45, 7) is 3.19. The van der Waals surface area contributed by atoms with Gasteiger partial charge in [0.1, 0.15) is 5.82 Å². The normalized spacial score (nSPS) is 24.1. The summed E-state index contributed by atoms with van der Waals surface area (Å²) in [6, 6.07) is 6.14. The highest BCUT2D eigenvalue weighted by molar-refractivity contribution is 5.94. The molecule has 0 aromatic heterocycles. The molecular formula is C14H19FN2O. The maximum atomic E-state index is 13.6. The molecular weight excluding hydrogens is 231 g/mol. The Kier molecular flexibility index (Phi) is 3.97. The van der Waals surface area contributed by atoms with Crippen molar-refractivity contribution in [1.29, 1.82) is 0 Å². The van der Waals surface area contributed by atoms with Gasteiger partial charge in [-0.2, -0.15) is 0 Å². The van der Waals surface area contributed by atoms with Crippen LogP contribution in [0.1, 0.15) is 30.1 Å². The molecule has 1 amide bonds. The predicted molar refractivity (Wildman–Crippen MR) is 68.7 cm³/mol.